The lowest BCUT2D eigenvalue weighted by molar-refractivity contribution is -0.143. The Bertz CT molecular complexity index is 293. The molecular formula is C11H20F3N3O2. The molecule has 0 aromatic heterocycles. The van der Waals surface area contributed by atoms with E-state index in [1.165, 1.54) is 7.05 Å². The number of ether oxygens (including phenoxy) is 1. The fourth-order valence-corrected chi connectivity index (χ4v) is 1.22. The predicted molar refractivity (Wildman–Crippen MR) is 65.9 cm³/mol. The molecule has 0 aliphatic carbocycles. The highest BCUT2D eigenvalue weighted by molar-refractivity contribution is 5.79. The minimum absolute atomic E-state index is 0.235. The molecule has 0 aliphatic rings. The van der Waals surface area contributed by atoms with Crippen molar-refractivity contribution < 1.29 is 22.7 Å². The number of alkyl halides is 3. The Kier molecular flexibility index (Phi) is 8.73. The van der Waals surface area contributed by atoms with Crippen LogP contribution in [-0.4, -0.2) is 44.8 Å². The van der Waals surface area contributed by atoms with E-state index in [2.05, 4.69) is 15.6 Å². The first kappa shape index (κ1) is 17.5. The van der Waals surface area contributed by atoms with Crippen LogP contribution in [0.3, 0.4) is 0 Å². The summed E-state index contributed by atoms with van der Waals surface area (Å²) in [6.45, 7) is 2.26. The van der Waals surface area contributed by atoms with Gasteiger partial charge in [0, 0.05) is 26.6 Å². The van der Waals surface area contributed by atoms with Gasteiger partial charge in [-0.2, -0.15) is 13.2 Å². The van der Waals surface area contributed by atoms with Gasteiger partial charge in [-0.25, -0.2) is 0 Å². The van der Waals surface area contributed by atoms with Gasteiger partial charge in [0.15, 0.2) is 5.96 Å². The van der Waals surface area contributed by atoms with Gasteiger partial charge in [0.05, 0.1) is 13.0 Å². The van der Waals surface area contributed by atoms with Crippen LogP contribution in [0, 0.1) is 0 Å². The monoisotopic (exact) mass is 283 g/mol. The summed E-state index contributed by atoms with van der Waals surface area (Å²) in [6.07, 6.45) is -4.31. The van der Waals surface area contributed by atoms with Crippen LogP contribution in [0.1, 0.15) is 26.2 Å². The molecule has 2 N–H and O–H groups in total. The molecule has 0 spiro atoms. The number of hydrogen-bond acceptors (Lipinski definition) is 3. The van der Waals surface area contributed by atoms with E-state index in [0.29, 0.717) is 19.6 Å². The summed E-state index contributed by atoms with van der Waals surface area (Å²) in [4.78, 5) is 14.8. The minimum Gasteiger partial charge on any atom is -0.466 e. The molecule has 5 nitrogen and oxygen atoms in total. The lowest BCUT2D eigenvalue weighted by Crippen LogP contribution is -2.39. The van der Waals surface area contributed by atoms with Gasteiger partial charge < -0.3 is 15.4 Å². The number of guanidine groups is 1. The van der Waals surface area contributed by atoms with Gasteiger partial charge in [0.2, 0.25) is 0 Å². The SMILES string of the molecule is CCOC(=O)CCCNC(=NC)NCCC(F)(F)F. The average molecular weight is 283 g/mol. The molecule has 19 heavy (non-hydrogen) atoms. The van der Waals surface area contributed by atoms with Crippen LogP contribution in [0.5, 0.6) is 0 Å². The maximum absolute atomic E-state index is 11.9. The normalized spacial score (nSPS) is 12.2. The zero-order valence-electron chi connectivity index (χ0n) is 11.1. The molecule has 0 rings (SSSR count). The Labute approximate surface area is 110 Å². The summed E-state index contributed by atoms with van der Waals surface area (Å²) >= 11 is 0. The Morgan fingerprint density at radius 1 is 1.26 bits per heavy atom. The summed E-state index contributed by atoms with van der Waals surface area (Å²) in [5.74, 6) is -0.00238. The number of nitrogens with one attached hydrogen (secondary N) is 2. The van der Waals surface area contributed by atoms with Crippen LogP contribution in [-0.2, 0) is 9.53 Å². The molecule has 0 heterocycles. The molecule has 0 aliphatic heterocycles. The first-order valence-corrected chi connectivity index (χ1v) is 6.06. The first-order valence-electron chi connectivity index (χ1n) is 6.06. The Balaban J connectivity index is 3.69. The van der Waals surface area contributed by atoms with E-state index in [4.69, 9.17) is 4.74 Å². The molecule has 0 amide bonds. The average Bonchev–Trinajstić information content (AvgIpc) is 2.31. The molecule has 0 radical (unpaired) electrons. The number of rotatable bonds is 7. The lowest BCUT2D eigenvalue weighted by atomic mass is 10.3. The number of carbonyl (C=O) groups excluding carboxylic acids is 1. The molecule has 0 saturated heterocycles. The number of carbonyl (C=O) groups is 1. The van der Waals surface area contributed by atoms with Gasteiger partial charge in [-0.3, -0.25) is 9.79 Å². The highest BCUT2D eigenvalue weighted by Gasteiger charge is 2.26. The van der Waals surface area contributed by atoms with E-state index in [1.54, 1.807) is 6.92 Å². The third-order valence-electron chi connectivity index (χ3n) is 2.08. The fourth-order valence-electron chi connectivity index (χ4n) is 1.22. The number of hydrogen-bond donors (Lipinski definition) is 2. The zero-order valence-corrected chi connectivity index (χ0v) is 11.1. The topological polar surface area (TPSA) is 62.7 Å². The molecule has 0 atom stereocenters. The summed E-state index contributed by atoms with van der Waals surface area (Å²) < 4.78 is 40.5. The fraction of sp³-hybridized carbons (Fsp3) is 0.818. The van der Waals surface area contributed by atoms with Gasteiger partial charge >= 0.3 is 12.1 Å². The van der Waals surface area contributed by atoms with Crippen LogP contribution >= 0.6 is 0 Å². The molecule has 0 saturated carbocycles. The number of esters is 1. The second-order valence-electron chi connectivity index (χ2n) is 3.70. The van der Waals surface area contributed by atoms with Crippen molar-refractivity contribution in [2.75, 3.05) is 26.7 Å². The van der Waals surface area contributed by atoms with Crippen molar-refractivity contribution in [1.82, 2.24) is 10.6 Å². The van der Waals surface area contributed by atoms with Crippen molar-refractivity contribution in [2.45, 2.75) is 32.4 Å². The van der Waals surface area contributed by atoms with Crippen molar-refractivity contribution in [2.24, 2.45) is 4.99 Å². The van der Waals surface area contributed by atoms with Gasteiger partial charge in [0.1, 0.15) is 0 Å². The summed E-state index contributed by atoms with van der Waals surface area (Å²) in [7, 11) is 1.47. The van der Waals surface area contributed by atoms with Crippen molar-refractivity contribution >= 4 is 11.9 Å². The van der Waals surface area contributed by atoms with Crippen molar-refractivity contribution in [3.8, 4) is 0 Å². The van der Waals surface area contributed by atoms with E-state index in [0.717, 1.165) is 0 Å². The standard InChI is InChI=1S/C11H20F3N3O2/c1-3-19-9(18)5-4-7-16-10(15-2)17-8-6-11(12,13)14/h3-8H2,1-2H3,(H2,15,16,17). The van der Waals surface area contributed by atoms with Crippen LogP contribution in [0.25, 0.3) is 0 Å². The van der Waals surface area contributed by atoms with Crippen LogP contribution in [0.4, 0.5) is 13.2 Å². The second kappa shape index (κ2) is 9.46. The summed E-state index contributed by atoms with van der Waals surface area (Å²) in [5, 5.41) is 5.36. The highest BCUT2D eigenvalue weighted by atomic mass is 19.4. The molecule has 0 bridgehead atoms. The van der Waals surface area contributed by atoms with E-state index < -0.39 is 12.6 Å². The quantitative estimate of drug-likeness (QED) is 0.321. The maximum Gasteiger partial charge on any atom is 0.390 e. The smallest absolute Gasteiger partial charge is 0.390 e. The van der Waals surface area contributed by atoms with Gasteiger partial charge in [0.25, 0.3) is 0 Å². The summed E-state index contributed by atoms with van der Waals surface area (Å²) in [6, 6.07) is 0. The van der Waals surface area contributed by atoms with E-state index in [-0.39, 0.29) is 24.9 Å². The van der Waals surface area contributed by atoms with E-state index in [1.807, 2.05) is 0 Å². The number of halogens is 3. The van der Waals surface area contributed by atoms with E-state index in [9.17, 15) is 18.0 Å². The molecule has 0 aromatic rings. The van der Waals surface area contributed by atoms with Crippen LogP contribution < -0.4 is 10.6 Å². The molecular weight excluding hydrogens is 263 g/mol. The Morgan fingerprint density at radius 2 is 1.89 bits per heavy atom. The molecule has 112 valence electrons. The third kappa shape index (κ3) is 11.4. The minimum atomic E-state index is -4.18. The third-order valence-corrected chi connectivity index (χ3v) is 2.08. The largest absolute Gasteiger partial charge is 0.466 e. The maximum atomic E-state index is 11.9. The Hall–Kier alpha value is -1.47. The molecule has 0 fully saturated rings. The van der Waals surface area contributed by atoms with Crippen LogP contribution in [0.2, 0.25) is 0 Å². The second-order valence-corrected chi connectivity index (χ2v) is 3.70. The van der Waals surface area contributed by atoms with E-state index >= 15 is 0 Å². The lowest BCUT2D eigenvalue weighted by Gasteiger charge is -2.12. The molecule has 0 unspecified atom stereocenters. The van der Waals surface area contributed by atoms with Crippen molar-refractivity contribution in [1.29, 1.82) is 0 Å². The van der Waals surface area contributed by atoms with Gasteiger partial charge in [-0.15, -0.1) is 0 Å². The van der Waals surface area contributed by atoms with Crippen molar-refractivity contribution in [3.05, 3.63) is 0 Å². The summed E-state index contributed by atoms with van der Waals surface area (Å²) in [5.41, 5.74) is 0. The number of aliphatic imine (C=N–C) groups is 1. The predicted octanol–water partition coefficient (Wildman–Crippen LogP) is 1.45. The highest BCUT2D eigenvalue weighted by Crippen LogP contribution is 2.17. The van der Waals surface area contributed by atoms with Gasteiger partial charge in [-0.05, 0) is 13.3 Å². The van der Waals surface area contributed by atoms with Gasteiger partial charge in [-0.1, -0.05) is 0 Å². The Morgan fingerprint density at radius 3 is 2.42 bits per heavy atom. The number of nitrogens with zero attached hydrogens (tertiary/aromatic N) is 1. The molecule has 8 heteroatoms. The first-order chi connectivity index (χ1) is 8.89. The van der Waals surface area contributed by atoms with Crippen LogP contribution in [0.15, 0.2) is 4.99 Å². The molecule has 0 aromatic carbocycles. The zero-order chi connectivity index (χ0) is 14.7. The van der Waals surface area contributed by atoms with Crippen molar-refractivity contribution in [3.63, 3.8) is 0 Å².